The first-order valence-electron chi connectivity index (χ1n) is 5.51. The van der Waals surface area contributed by atoms with Gasteiger partial charge in [0.2, 0.25) is 0 Å². The molecule has 0 aliphatic carbocycles. The van der Waals surface area contributed by atoms with Crippen molar-refractivity contribution in [1.82, 2.24) is 15.0 Å². The van der Waals surface area contributed by atoms with Gasteiger partial charge in [0.05, 0.1) is 11.6 Å². The maximum absolute atomic E-state index is 13.5. The SMILES string of the molecule is CC(N)c1nc(-c2nc3c(F)cccc3[nH]2)cs1. The number of imidazole rings is 1. The summed E-state index contributed by atoms with van der Waals surface area (Å²) in [4.78, 5) is 11.7. The van der Waals surface area contributed by atoms with E-state index in [1.165, 1.54) is 17.4 Å². The van der Waals surface area contributed by atoms with Crippen LogP contribution in [0.2, 0.25) is 0 Å². The molecular formula is C12H11FN4S. The second-order valence-electron chi connectivity index (χ2n) is 4.08. The topological polar surface area (TPSA) is 67.6 Å². The Balaban J connectivity index is 2.10. The van der Waals surface area contributed by atoms with Crippen molar-refractivity contribution in [2.45, 2.75) is 13.0 Å². The number of aromatic amines is 1. The summed E-state index contributed by atoms with van der Waals surface area (Å²) < 4.78 is 13.5. The van der Waals surface area contributed by atoms with Crippen LogP contribution in [0.3, 0.4) is 0 Å². The Bertz CT molecular complexity index is 701. The summed E-state index contributed by atoms with van der Waals surface area (Å²) in [5, 5.41) is 2.71. The molecule has 0 saturated heterocycles. The molecule has 92 valence electrons. The highest BCUT2D eigenvalue weighted by Crippen LogP contribution is 2.25. The summed E-state index contributed by atoms with van der Waals surface area (Å²) in [6.07, 6.45) is 0. The Labute approximate surface area is 107 Å². The van der Waals surface area contributed by atoms with E-state index < -0.39 is 0 Å². The molecule has 18 heavy (non-hydrogen) atoms. The van der Waals surface area contributed by atoms with Crippen LogP contribution in [-0.4, -0.2) is 15.0 Å². The fourth-order valence-corrected chi connectivity index (χ4v) is 2.49. The average molecular weight is 262 g/mol. The number of aromatic nitrogens is 3. The standard InChI is InChI=1S/C12H11FN4S/c1-6(14)12-16-9(5-18-12)11-15-8-4-2-3-7(13)10(8)17-11/h2-6H,14H2,1H3,(H,15,17). The highest BCUT2D eigenvalue weighted by Gasteiger charge is 2.12. The molecule has 0 spiro atoms. The number of rotatable bonds is 2. The van der Waals surface area contributed by atoms with E-state index in [1.807, 2.05) is 12.3 Å². The summed E-state index contributed by atoms with van der Waals surface area (Å²) in [7, 11) is 0. The molecule has 6 heteroatoms. The molecule has 0 saturated carbocycles. The van der Waals surface area contributed by atoms with E-state index in [9.17, 15) is 4.39 Å². The van der Waals surface area contributed by atoms with Gasteiger partial charge in [0, 0.05) is 5.38 Å². The molecule has 3 aromatic rings. The highest BCUT2D eigenvalue weighted by molar-refractivity contribution is 7.10. The predicted molar refractivity (Wildman–Crippen MR) is 69.8 cm³/mol. The van der Waals surface area contributed by atoms with Crippen molar-refractivity contribution in [2.24, 2.45) is 5.73 Å². The van der Waals surface area contributed by atoms with Crippen molar-refractivity contribution >= 4 is 22.4 Å². The Morgan fingerprint density at radius 3 is 2.89 bits per heavy atom. The third-order valence-corrected chi connectivity index (χ3v) is 3.66. The van der Waals surface area contributed by atoms with Gasteiger partial charge in [-0.25, -0.2) is 14.4 Å². The number of thiazole rings is 1. The maximum atomic E-state index is 13.5. The molecule has 0 amide bonds. The van der Waals surface area contributed by atoms with Crippen LogP contribution in [0.5, 0.6) is 0 Å². The fraction of sp³-hybridized carbons (Fsp3) is 0.167. The molecule has 4 nitrogen and oxygen atoms in total. The predicted octanol–water partition coefficient (Wildman–Crippen LogP) is 2.85. The molecule has 2 heterocycles. The van der Waals surface area contributed by atoms with Crippen molar-refractivity contribution in [1.29, 1.82) is 0 Å². The average Bonchev–Trinajstić information content (AvgIpc) is 2.95. The van der Waals surface area contributed by atoms with Crippen LogP contribution in [0.15, 0.2) is 23.6 Å². The van der Waals surface area contributed by atoms with E-state index in [-0.39, 0.29) is 11.9 Å². The first-order valence-corrected chi connectivity index (χ1v) is 6.38. The number of fused-ring (bicyclic) bond motifs is 1. The van der Waals surface area contributed by atoms with Gasteiger partial charge in [-0.05, 0) is 19.1 Å². The molecule has 0 aliphatic heterocycles. The van der Waals surface area contributed by atoms with Gasteiger partial charge >= 0.3 is 0 Å². The number of halogens is 1. The number of nitrogens with one attached hydrogen (secondary N) is 1. The van der Waals surface area contributed by atoms with Crippen LogP contribution in [0.1, 0.15) is 18.0 Å². The normalized spacial score (nSPS) is 13.1. The molecule has 0 bridgehead atoms. The summed E-state index contributed by atoms with van der Waals surface area (Å²) in [6.45, 7) is 1.88. The number of benzene rings is 1. The molecule has 3 N–H and O–H groups in total. The van der Waals surface area contributed by atoms with E-state index in [0.717, 1.165) is 5.01 Å². The van der Waals surface area contributed by atoms with Crippen molar-refractivity contribution in [3.05, 3.63) is 34.4 Å². The van der Waals surface area contributed by atoms with Crippen molar-refractivity contribution in [3.63, 3.8) is 0 Å². The van der Waals surface area contributed by atoms with Crippen molar-refractivity contribution in [3.8, 4) is 11.5 Å². The van der Waals surface area contributed by atoms with Crippen LogP contribution >= 0.6 is 11.3 Å². The lowest BCUT2D eigenvalue weighted by Gasteiger charge is -1.96. The molecule has 0 radical (unpaired) electrons. The molecule has 3 rings (SSSR count). The van der Waals surface area contributed by atoms with Crippen LogP contribution in [0.4, 0.5) is 4.39 Å². The number of nitrogens with two attached hydrogens (primary N) is 1. The minimum Gasteiger partial charge on any atom is -0.337 e. The van der Waals surface area contributed by atoms with Crippen LogP contribution < -0.4 is 5.73 Å². The number of nitrogens with zero attached hydrogens (tertiary/aromatic N) is 2. The second-order valence-corrected chi connectivity index (χ2v) is 4.97. The lowest BCUT2D eigenvalue weighted by molar-refractivity contribution is 0.637. The van der Waals surface area contributed by atoms with Crippen molar-refractivity contribution in [2.75, 3.05) is 0 Å². The Kier molecular flexibility index (Phi) is 2.61. The van der Waals surface area contributed by atoms with Crippen molar-refractivity contribution < 1.29 is 4.39 Å². The molecule has 0 aliphatic rings. The summed E-state index contributed by atoms with van der Waals surface area (Å²) in [5.74, 6) is 0.232. The van der Waals surface area contributed by atoms with Crippen LogP contribution in [0.25, 0.3) is 22.6 Å². The Morgan fingerprint density at radius 2 is 2.22 bits per heavy atom. The quantitative estimate of drug-likeness (QED) is 0.746. The number of hydrogen-bond acceptors (Lipinski definition) is 4. The number of hydrogen-bond donors (Lipinski definition) is 2. The summed E-state index contributed by atoms with van der Waals surface area (Å²) in [6, 6.07) is 4.72. The van der Waals surface area contributed by atoms with Crippen LogP contribution in [0, 0.1) is 5.82 Å². The molecule has 1 unspecified atom stereocenters. The first-order chi connectivity index (χ1) is 8.65. The largest absolute Gasteiger partial charge is 0.337 e. The molecule has 1 atom stereocenters. The van der Waals surface area contributed by atoms with E-state index in [1.54, 1.807) is 12.1 Å². The van der Waals surface area contributed by atoms with Crippen LogP contribution in [-0.2, 0) is 0 Å². The highest BCUT2D eigenvalue weighted by atomic mass is 32.1. The van der Waals surface area contributed by atoms with Gasteiger partial charge in [-0.2, -0.15) is 0 Å². The summed E-state index contributed by atoms with van der Waals surface area (Å²) in [5.41, 5.74) is 7.46. The zero-order valence-corrected chi connectivity index (χ0v) is 10.5. The van der Waals surface area contributed by atoms with Gasteiger partial charge < -0.3 is 10.7 Å². The third kappa shape index (κ3) is 1.79. The minimum absolute atomic E-state index is 0.107. The first kappa shape index (κ1) is 11.3. The van der Waals surface area contributed by atoms with Gasteiger partial charge in [0.25, 0.3) is 0 Å². The van der Waals surface area contributed by atoms with Gasteiger partial charge in [0.1, 0.15) is 16.2 Å². The van der Waals surface area contributed by atoms with Gasteiger partial charge in [-0.3, -0.25) is 0 Å². The van der Waals surface area contributed by atoms with E-state index in [2.05, 4.69) is 15.0 Å². The lowest BCUT2D eigenvalue weighted by Crippen LogP contribution is -2.03. The monoisotopic (exact) mass is 262 g/mol. The fourth-order valence-electron chi connectivity index (χ4n) is 1.72. The third-order valence-electron chi connectivity index (χ3n) is 2.62. The minimum atomic E-state index is -0.336. The molecule has 2 aromatic heterocycles. The van der Waals surface area contributed by atoms with Gasteiger partial charge in [-0.15, -0.1) is 11.3 Å². The Hall–Kier alpha value is -1.79. The summed E-state index contributed by atoms with van der Waals surface area (Å²) >= 11 is 1.48. The maximum Gasteiger partial charge on any atom is 0.158 e. The number of para-hydroxylation sites is 1. The lowest BCUT2D eigenvalue weighted by atomic mass is 10.3. The zero-order chi connectivity index (χ0) is 12.7. The van der Waals surface area contributed by atoms with E-state index in [4.69, 9.17) is 5.73 Å². The smallest absolute Gasteiger partial charge is 0.158 e. The number of H-pyrrole nitrogens is 1. The molecule has 0 fully saturated rings. The zero-order valence-electron chi connectivity index (χ0n) is 9.64. The van der Waals surface area contributed by atoms with Gasteiger partial charge in [-0.1, -0.05) is 6.07 Å². The Morgan fingerprint density at radius 1 is 1.39 bits per heavy atom. The molecule has 1 aromatic carbocycles. The van der Waals surface area contributed by atoms with E-state index >= 15 is 0 Å². The van der Waals surface area contributed by atoms with Gasteiger partial charge in [0.15, 0.2) is 11.6 Å². The molecular weight excluding hydrogens is 251 g/mol. The second kappa shape index (κ2) is 4.15. The van der Waals surface area contributed by atoms with E-state index in [0.29, 0.717) is 22.6 Å².